The average Bonchev–Trinajstić information content (AvgIpc) is 2.64. The van der Waals surface area contributed by atoms with Crippen molar-refractivity contribution in [3.8, 4) is 0 Å². The van der Waals surface area contributed by atoms with E-state index in [-0.39, 0.29) is 6.61 Å². The monoisotopic (exact) mass is 382 g/mol. The number of nitrogens with one attached hydrogen (secondary N) is 2. The number of aliphatic hydroxyl groups excluding tert-OH is 1. The zero-order valence-corrected chi connectivity index (χ0v) is 14.0. The van der Waals surface area contributed by atoms with E-state index in [1.807, 2.05) is 5.32 Å². The summed E-state index contributed by atoms with van der Waals surface area (Å²) in [5.41, 5.74) is -0.737. The molecule has 2 amide bonds. The molecule has 0 heterocycles. The van der Waals surface area contributed by atoms with Crippen LogP contribution in [0, 0.1) is 0 Å². The van der Waals surface area contributed by atoms with Gasteiger partial charge in [-0.1, -0.05) is 42.5 Å². The molecule has 0 unspecified atom stereocenters. The molecule has 0 aliphatic rings. The molecule has 2 rings (SSSR count). The first-order valence-electron chi connectivity index (χ1n) is 7.87. The molecular formula is C18H17F3N2O4. The maximum Gasteiger partial charge on any atom is 0.418 e. The van der Waals surface area contributed by atoms with Crippen molar-refractivity contribution in [2.24, 2.45) is 0 Å². The number of carbonyl (C=O) groups excluding carboxylic acids is 2. The van der Waals surface area contributed by atoms with Gasteiger partial charge in [0.05, 0.1) is 17.8 Å². The second kappa shape index (κ2) is 9.04. The fraction of sp³-hybridized carbons (Fsp3) is 0.222. The van der Waals surface area contributed by atoms with Crippen LogP contribution >= 0.6 is 0 Å². The van der Waals surface area contributed by atoms with Crippen LogP contribution in [0.1, 0.15) is 11.1 Å². The van der Waals surface area contributed by atoms with E-state index in [9.17, 15) is 27.9 Å². The number of alkyl halides is 3. The minimum atomic E-state index is -4.63. The van der Waals surface area contributed by atoms with Crippen LogP contribution in [0.4, 0.5) is 23.7 Å². The quantitative estimate of drug-likeness (QED) is 0.671. The SMILES string of the molecule is O=C(NC[C@H](O)C(=O)OCc1ccccc1)Nc1ccccc1C(F)(F)F. The second-order valence-corrected chi connectivity index (χ2v) is 5.49. The minimum absolute atomic E-state index is 0.0537. The number of aliphatic hydroxyl groups is 1. The Balaban J connectivity index is 1.82. The minimum Gasteiger partial charge on any atom is -0.459 e. The Bertz CT molecular complexity index is 782. The molecule has 6 nitrogen and oxygen atoms in total. The summed E-state index contributed by atoms with van der Waals surface area (Å²) in [7, 11) is 0. The topological polar surface area (TPSA) is 87.7 Å². The number of hydrogen-bond acceptors (Lipinski definition) is 4. The molecule has 0 aromatic heterocycles. The fourth-order valence-electron chi connectivity index (χ4n) is 2.10. The maximum absolute atomic E-state index is 12.9. The molecule has 0 saturated carbocycles. The van der Waals surface area contributed by atoms with Crippen LogP contribution in [-0.2, 0) is 22.3 Å². The molecule has 0 aliphatic carbocycles. The lowest BCUT2D eigenvalue weighted by molar-refractivity contribution is -0.154. The molecule has 3 N–H and O–H groups in total. The summed E-state index contributed by atoms with van der Waals surface area (Å²) >= 11 is 0. The van der Waals surface area contributed by atoms with Crippen molar-refractivity contribution in [2.75, 3.05) is 11.9 Å². The molecule has 1 atom stereocenters. The number of amides is 2. The van der Waals surface area contributed by atoms with Gasteiger partial charge < -0.3 is 20.5 Å². The molecule has 9 heteroatoms. The maximum atomic E-state index is 12.9. The third-order valence-electron chi connectivity index (χ3n) is 3.43. The van der Waals surface area contributed by atoms with Crippen LogP contribution in [0.5, 0.6) is 0 Å². The van der Waals surface area contributed by atoms with E-state index in [1.165, 1.54) is 12.1 Å². The predicted molar refractivity (Wildman–Crippen MR) is 90.7 cm³/mol. The molecule has 0 spiro atoms. The van der Waals surface area contributed by atoms with Crippen LogP contribution in [0.2, 0.25) is 0 Å². The van der Waals surface area contributed by atoms with Crippen LogP contribution < -0.4 is 10.6 Å². The van der Waals surface area contributed by atoms with Gasteiger partial charge in [-0.3, -0.25) is 0 Å². The highest BCUT2D eigenvalue weighted by Gasteiger charge is 2.33. The Morgan fingerprint density at radius 2 is 1.67 bits per heavy atom. The van der Waals surface area contributed by atoms with Gasteiger partial charge in [0.2, 0.25) is 0 Å². The zero-order valence-electron chi connectivity index (χ0n) is 14.0. The number of carbonyl (C=O) groups is 2. The first kappa shape index (κ1) is 20.2. The van der Waals surface area contributed by atoms with Crippen molar-refractivity contribution in [3.63, 3.8) is 0 Å². The molecule has 27 heavy (non-hydrogen) atoms. The Kier molecular flexibility index (Phi) is 6.78. The Morgan fingerprint density at radius 3 is 2.33 bits per heavy atom. The van der Waals surface area contributed by atoms with Crippen molar-refractivity contribution in [1.29, 1.82) is 0 Å². The summed E-state index contributed by atoms with van der Waals surface area (Å²) in [6.07, 6.45) is -6.29. The van der Waals surface area contributed by atoms with Gasteiger partial charge in [-0.25, -0.2) is 9.59 Å². The fourth-order valence-corrected chi connectivity index (χ4v) is 2.10. The average molecular weight is 382 g/mol. The zero-order chi connectivity index (χ0) is 19.9. The number of esters is 1. The van der Waals surface area contributed by atoms with E-state index in [2.05, 4.69) is 5.32 Å². The summed E-state index contributed by atoms with van der Waals surface area (Å²) in [6, 6.07) is 12.2. The third-order valence-corrected chi connectivity index (χ3v) is 3.43. The summed E-state index contributed by atoms with van der Waals surface area (Å²) in [5.74, 6) is -0.963. The smallest absolute Gasteiger partial charge is 0.418 e. The molecule has 0 fully saturated rings. The largest absolute Gasteiger partial charge is 0.459 e. The van der Waals surface area contributed by atoms with Gasteiger partial charge in [-0.2, -0.15) is 13.2 Å². The van der Waals surface area contributed by atoms with Gasteiger partial charge in [0.1, 0.15) is 6.61 Å². The van der Waals surface area contributed by atoms with Gasteiger partial charge in [0.25, 0.3) is 0 Å². The molecule has 2 aromatic rings. The molecule has 0 radical (unpaired) electrons. The van der Waals surface area contributed by atoms with E-state index < -0.39 is 42.1 Å². The first-order valence-corrected chi connectivity index (χ1v) is 7.87. The van der Waals surface area contributed by atoms with Crippen LogP contribution in [0.25, 0.3) is 0 Å². The highest BCUT2D eigenvalue weighted by Crippen LogP contribution is 2.34. The van der Waals surface area contributed by atoms with Gasteiger partial charge in [0, 0.05) is 0 Å². The Labute approximate surface area is 153 Å². The normalized spacial score (nSPS) is 12.1. The highest BCUT2D eigenvalue weighted by molar-refractivity contribution is 5.90. The number of ether oxygens (including phenoxy) is 1. The lowest BCUT2D eigenvalue weighted by Crippen LogP contribution is -2.39. The third kappa shape index (κ3) is 6.30. The highest BCUT2D eigenvalue weighted by atomic mass is 19.4. The van der Waals surface area contributed by atoms with Crippen molar-refractivity contribution >= 4 is 17.7 Å². The molecule has 0 bridgehead atoms. The lowest BCUT2D eigenvalue weighted by atomic mass is 10.1. The number of halogens is 3. The van der Waals surface area contributed by atoms with Crippen molar-refractivity contribution in [2.45, 2.75) is 18.9 Å². The Morgan fingerprint density at radius 1 is 1.04 bits per heavy atom. The standard InChI is InChI=1S/C18H17F3N2O4/c19-18(20,21)13-8-4-5-9-14(13)23-17(26)22-10-15(24)16(25)27-11-12-6-2-1-3-7-12/h1-9,15,24H,10-11H2,(H2,22,23,26)/t15-/m0/s1. The van der Waals surface area contributed by atoms with Crippen molar-refractivity contribution in [3.05, 3.63) is 65.7 Å². The lowest BCUT2D eigenvalue weighted by Gasteiger charge is -2.15. The Hall–Kier alpha value is -3.07. The molecule has 0 aliphatic heterocycles. The van der Waals surface area contributed by atoms with Crippen LogP contribution in [-0.4, -0.2) is 29.8 Å². The summed E-state index contributed by atoms with van der Waals surface area (Å²) in [4.78, 5) is 23.4. The molecule has 2 aromatic carbocycles. The van der Waals surface area contributed by atoms with E-state index in [1.54, 1.807) is 30.3 Å². The van der Waals surface area contributed by atoms with E-state index in [4.69, 9.17) is 4.74 Å². The first-order chi connectivity index (χ1) is 12.8. The second-order valence-electron chi connectivity index (χ2n) is 5.49. The van der Waals surface area contributed by atoms with E-state index in [0.717, 1.165) is 12.1 Å². The molecule has 144 valence electrons. The van der Waals surface area contributed by atoms with Crippen molar-refractivity contribution < 1.29 is 32.6 Å². The van der Waals surface area contributed by atoms with Gasteiger partial charge in [0.15, 0.2) is 6.10 Å². The number of anilines is 1. The number of benzene rings is 2. The van der Waals surface area contributed by atoms with E-state index >= 15 is 0 Å². The van der Waals surface area contributed by atoms with Gasteiger partial charge in [-0.05, 0) is 17.7 Å². The van der Waals surface area contributed by atoms with Gasteiger partial charge in [-0.15, -0.1) is 0 Å². The predicted octanol–water partition coefficient (Wildman–Crippen LogP) is 2.93. The summed E-state index contributed by atoms with van der Waals surface area (Å²) in [6.45, 7) is -0.574. The number of hydrogen-bond donors (Lipinski definition) is 3. The number of para-hydroxylation sites is 1. The summed E-state index contributed by atoms with van der Waals surface area (Å²) < 4.78 is 43.5. The number of urea groups is 1. The summed E-state index contributed by atoms with van der Waals surface area (Å²) in [5, 5.41) is 13.9. The van der Waals surface area contributed by atoms with Crippen molar-refractivity contribution in [1.82, 2.24) is 5.32 Å². The van der Waals surface area contributed by atoms with Gasteiger partial charge >= 0.3 is 18.2 Å². The van der Waals surface area contributed by atoms with Crippen LogP contribution in [0.15, 0.2) is 54.6 Å². The molecule has 0 saturated heterocycles. The van der Waals surface area contributed by atoms with E-state index in [0.29, 0.717) is 5.56 Å². The number of rotatable bonds is 6. The van der Waals surface area contributed by atoms with Crippen LogP contribution in [0.3, 0.4) is 0 Å². The molecular weight excluding hydrogens is 365 g/mol.